The average molecular weight is 328 g/mol. The third-order valence-electron chi connectivity index (χ3n) is 2.68. The maximum atomic E-state index is 11.6. The molecule has 19 heavy (non-hydrogen) atoms. The van der Waals surface area contributed by atoms with Gasteiger partial charge in [0.25, 0.3) is 5.91 Å². The van der Waals surface area contributed by atoms with Gasteiger partial charge in [-0.25, -0.2) is 0 Å². The van der Waals surface area contributed by atoms with Crippen molar-refractivity contribution in [3.63, 3.8) is 0 Å². The molecule has 0 radical (unpaired) electrons. The van der Waals surface area contributed by atoms with Crippen molar-refractivity contribution >= 4 is 28.1 Å². The first-order chi connectivity index (χ1) is 9.13. The molecule has 0 heterocycles. The van der Waals surface area contributed by atoms with Crippen LogP contribution in [0.3, 0.4) is 0 Å². The molecule has 0 saturated heterocycles. The van der Waals surface area contributed by atoms with Gasteiger partial charge in [-0.1, -0.05) is 0 Å². The summed E-state index contributed by atoms with van der Waals surface area (Å²) in [5.74, 6) is 0.672. The smallest absolute Gasteiger partial charge is 0.258 e. The van der Waals surface area contributed by atoms with Gasteiger partial charge in [0.2, 0.25) is 0 Å². The fourth-order valence-corrected chi connectivity index (χ4v) is 2.16. The molecule has 0 bridgehead atoms. The van der Waals surface area contributed by atoms with Crippen molar-refractivity contribution in [3.05, 3.63) is 22.2 Å². The van der Waals surface area contributed by atoms with Crippen LogP contribution in [0.1, 0.15) is 23.2 Å². The van der Waals surface area contributed by atoms with Crippen LogP contribution < -0.4 is 14.8 Å². The molecule has 102 valence electrons. The Bertz CT molecular complexity index is 500. The summed E-state index contributed by atoms with van der Waals surface area (Å²) in [4.78, 5) is 22.3. The molecule has 1 fully saturated rings. The molecule has 0 aliphatic heterocycles. The zero-order chi connectivity index (χ0) is 13.8. The maximum Gasteiger partial charge on any atom is 0.258 e. The fraction of sp³-hybridized carbons (Fsp3) is 0.385. The third-order valence-corrected chi connectivity index (χ3v) is 3.27. The fourth-order valence-electron chi connectivity index (χ4n) is 1.58. The van der Waals surface area contributed by atoms with E-state index in [0.29, 0.717) is 27.6 Å². The number of ether oxygens (including phenoxy) is 2. The monoisotopic (exact) mass is 327 g/mol. The minimum Gasteiger partial charge on any atom is -0.493 e. The molecule has 1 aromatic rings. The number of hydrogen-bond donors (Lipinski definition) is 1. The summed E-state index contributed by atoms with van der Waals surface area (Å²) in [5, 5.41) is 2.83. The summed E-state index contributed by atoms with van der Waals surface area (Å²) in [6.45, 7) is -0.0775. The number of halogens is 1. The number of nitrogens with one attached hydrogen (secondary N) is 1. The van der Waals surface area contributed by atoms with Gasteiger partial charge in [0.1, 0.15) is 6.29 Å². The van der Waals surface area contributed by atoms with Crippen LogP contribution in [-0.2, 0) is 4.79 Å². The molecule has 1 aromatic carbocycles. The highest BCUT2D eigenvalue weighted by molar-refractivity contribution is 9.10. The van der Waals surface area contributed by atoms with Crippen LogP contribution >= 0.6 is 15.9 Å². The first kappa shape index (κ1) is 13.9. The van der Waals surface area contributed by atoms with E-state index in [9.17, 15) is 9.59 Å². The second kappa shape index (κ2) is 6.06. The van der Waals surface area contributed by atoms with Crippen molar-refractivity contribution in [2.24, 2.45) is 0 Å². The van der Waals surface area contributed by atoms with E-state index in [1.807, 2.05) is 0 Å². The molecule has 5 nitrogen and oxygen atoms in total. The van der Waals surface area contributed by atoms with E-state index < -0.39 is 0 Å². The van der Waals surface area contributed by atoms with Crippen molar-refractivity contribution in [2.75, 3.05) is 13.7 Å². The largest absolute Gasteiger partial charge is 0.493 e. The van der Waals surface area contributed by atoms with Crippen molar-refractivity contribution in [1.29, 1.82) is 0 Å². The van der Waals surface area contributed by atoms with Crippen molar-refractivity contribution in [1.82, 2.24) is 5.32 Å². The van der Waals surface area contributed by atoms with Crippen molar-refractivity contribution < 1.29 is 19.1 Å². The van der Waals surface area contributed by atoms with E-state index >= 15 is 0 Å². The highest BCUT2D eigenvalue weighted by atomic mass is 79.9. The van der Waals surface area contributed by atoms with Crippen LogP contribution in [0.4, 0.5) is 0 Å². The average Bonchev–Trinajstić information content (AvgIpc) is 3.20. The highest BCUT2D eigenvalue weighted by Gasteiger charge is 2.23. The molecule has 6 heteroatoms. The second-order valence-corrected chi connectivity index (χ2v) is 5.14. The Morgan fingerprint density at radius 3 is 2.84 bits per heavy atom. The third kappa shape index (κ3) is 3.70. The molecule has 1 aliphatic carbocycles. The van der Waals surface area contributed by atoms with E-state index in [4.69, 9.17) is 9.47 Å². The van der Waals surface area contributed by atoms with Crippen molar-refractivity contribution in [3.8, 4) is 11.5 Å². The Labute approximate surface area is 119 Å². The summed E-state index contributed by atoms with van der Waals surface area (Å²) in [7, 11) is 1.48. The van der Waals surface area contributed by atoms with E-state index in [0.717, 1.165) is 19.1 Å². The molecule has 1 aliphatic rings. The molecule has 0 unspecified atom stereocenters. The van der Waals surface area contributed by atoms with Gasteiger partial charge in [0.15, 0.2) is 18.1 Å². The van der Waals surface area contributed by atoms with Gasteiger partial charge >= 0.3 is 0 Å². The Hall–Kier alpha value is -1.56. The lowest BCUT2D eigenvalue weighted by molar-refractivity contribution is -0.123. The normalized spacial score (nSPS) is 13.8. The summed E-state index contributed by atoms with van der Waals surface area (Å²) < 4.78 is 11.2. The Kier molecular flexibility index (Phi) is 4.42. The van der Waals surface area contributed by atoms with E-state index in [2.05, 4.69) is 21.2 Å². The molecule has 1 saturated carbocycles. The van der Waals surface area contributed by atoms with Crippen LogP contribution in [0.25, 0.3) is 0 Å². The van der Waals surface area contributed by atoms with Crippen LogP contribution in [-0.4, -0.2) is 32.0 Å². The number of benzene rings is 1. The van der Waals surface area contributed by atoms with Gasteiger partial charge in [0, 0.05) is 11.6 Å². The van der Waals surface area contributed by atoms with Crippen LogP contribution in [0, 0.1) is 0 Å². The highest BCUT2D eigenvalue weighted by Crippen LogP contribution is 2.36. The van der Waals surface area contributed by atoms with Gasteiger partial charge in [-0.2, -0.15) is 0 Å². The lowest BCUT2D eigenvalue weighted by Crippen LogP contribution is -2.30. The van der Waals surface area contributed by atoms with Gasteiger partial charge in [-0.3, -0.25) is 9.59 Å². The van der Waals surface area contributed by atoms with Crippen LogP contribution in [0.2, 0.25) is 0 Å². The minimum atomic E-state index is -0.157. The zero-order valence-electron chi connectivity index (χ0n) is 10.4. The number of hydrogen-bond acceptors (Lipinski definition) is 4. The topological polar surface area (TPSA) is 64.6 Å². The molecule has 0 atom stereocenters. The zero-order valence-corrected chi connectivity index (χ0v) is 12.0. The number of aldehydes is 1. The van der Waals surface area contributed by atoms with Gasteiger partial charge < -0.3 is 14.8 Å². The number of methoxy groups -OCH3 is 1. The molecule has 1 amide bonds. The quantitative estimate of drug-likeness (QED) is 0.811. The summed E-state index contributed by atoms with van der Waals surface area (Å²) in [5.41, 5.74) is 0.471. The van der Waals surface area contributed by atoms with Gasteiger partial charge in [0.05, 0.1) is 11.6 Å². The van der Waals surface area contributed by atoms with E-state index in [-0.39, 0.29) is 12.5 Å². The van der Waals surface area contributed by atoms with E-state index in [1.165, 1.54) is 7.11 Å². The molecule has 1 N–H and O–H groups in total. The molecule has 0 aromatic heterocycles. The Morgan fingerprint density at radius 2 is 2.26 bits per heavy atom. The summed E-state index contributed by atoms with van der Waals surface area (Å²) in [6.07, 6.45) is 2.79. The molecule has 0 spiro atoms. The molecular weight excluding hydrogens is 314 g/mol. The predicted octanol–water partition coefficient (Wildman–Crippen LogP) is 1.93. The number of carbonyl (C=O) groups is 2. The van der Waals surface area contributed by atoms with Crippen LogP contribution in [0.5, 0.6) is 11.5 Å². The number of rotatable bonds is 6. The minimum absolute atomic E-state index is 0.0775. The van der Waals surface area contributed by atoms with E-state index in [1.54, 1.807) is 12.1 Å². The standard InChI is InChI=1S/C13H14BrNO4/c1-18-11-5-8(6-16)4-10(14)13(11)19-7-12(17)15-9-2-3-9/h4-6,9H,2-3,7H2,1H3,(H,15,17). The first-order valence-electron chi connectivity index (χ1n) is 5.89. The number of amides is 1. The predicted molar refractivity (Wildman–Crippen MR) is 72.7 cm³/mol. The molecule has 2 rings (SSSR count). The second-order valence-electron chi connectivity index (χ2n) is 4.28. The summed E-state index contributed by atoms with van der Waals surface area (Å²) >= 11 is 3.30. The summed E-state index contributed by atoms with van der Waals surface area (Å²) in [6, 6.07) is 3.48. The SMILES string of the molecule is COc1cc(C=O)cc(Br)c1OCC(=O)NC1CC1. The molecular formula is C13H14BrNO4. The Balaban J connectivity index is 2.05. The van der Waals surface area contributed by atoms with Gasteiger partial charge in [-0.15, -0.1) is 0 Å². The maximum absolute atomic E-state index is 11.6. The van der Waals surface area contributed by atoms with Gasteiger partial charge in [-0.05, 0) is 40.9 Å². The van der Waals surface area contributed by atoms with Crippen LogP contribution in [0.15, 0.2) is 16.6 Å². The van der Waals surface area contributed by atoms with Crippen molar-refractivity contribution in [2.45, 2.75) is 18.9 Å². The lowest BCUT2D eigenvalue weighted by Gasteiger charge is -2.13. The number of carbonyl (C=O) groups excluding carboxylic acids is 2. The lowest BCUT2D eigenvalue weighted by atomic mass is 10.2. The first-order valence-corrected chi connectivity index (χ1v) is 6.68. The Morgan fingerprint density at radius 1 is 1.53 bits per heavy atom.